The molecule has 0 saturated heterocycles. The first-order valence-electron chi connectivity index (χ1n) is 6.11. The molecular formula is C14H18ClN3O. The van der Waals surface area contributed by atoms with Crippen molar-refractivity contribution in [1.82, 2.24) is 10.1 Å². The number of nitrogens with two attached hydrogens (primary N) is 1. The predicted molar refractivity (Wildman–Crippen MR) is 76.0 cm³/mol. The van der Waals surface area contributed by atoms with E-state index in [0.717, 1.165) is 5.56 Å². The van der Waals surface area contributed by atoms with Crippen LogP contribution in [0.25, 0.3) is 11.4 Å². The number of aromatic nitrogens is 2. The van der Waals surface area contributed by atoms with E-state index in [9.17, 15) is 0 Å². The molecule has 0 aliphatic carbocycles. The Kier molecular flexibility index (Phi) is 3.41. The fraction of sp³-hybridized carbons (Fsp3) is 0.429. The minimum Gasteiger partial charge on any atom is -0.338 e. The molecule has 102 valence electrons. The molecule has 0 unspecified atom stereocenters. The molecule has 0 aliphatic heterocycles. The molecule has 0 fully saturated rings. The highest BCUT2D eigenvalue weighted by atomic mass is 35.5. The Balaban J connectivity index is 2.37. The van der Waals surface area contributed by atoms with Gasteiger partial charge >= 0.3 is 0 Å². The smallest absolute Gasteiger partial charge is 0.234 e. The van der Waals surface area contributed by atoms with Crippen LogP contribution in [-0.4, -0.2) is 15.7 Å². The summed E-state index contributed by atoms with van der Waals surface area (Å²) in [5, 5.41) is 4.69. The number of nitrogens with zero attached hydrogens (tertiary/aromatic N) is 2. The zero-order valence-corrected chi connectivity index (χ0v) is 12.3. The second-order valence-electron chi connectivity index (χ2n) is 5.78. The van der Waals surface area contributed by atoms with Crippen molar-refractivity contribution in [2.45, 2.75) is 38.6 Å². The van der Waals surface area contributed by atoms with E-state index < -0.39 is 11.0 Å². The average Bonchev–Trinajstić information content (AvgIpc) is 2.78. The van der Waals surface area contributed by atoms with Crippen LogP contribution in [0, 0.1) is 0 Å². The molecule has 4 nitrogen and oxygen atoms in total. The van der Waals surface area contributed by atoms with Gasteiger partial charge in [-0.2, -0.15) is 4.98 Å². The normalized spacial score (nSPS) is 12.7. The highest BCUT2D eigenvalue weighted by Crippen LogP contribution is 2.32. The molecule has 2 rings (SSSR count). The van der Waals surface area contributed by atoms with E-state index >= 15 is 0 Å². The quantitative estimate of drug-likeness (QED) is 0.935. The van der Waals surface area contributed by atoms with Crippen molar-refractivity contribution in [3.8, 4) is 11.4 Å². The summed E-state index contributed by atoms with van der Waals surface area (Å²) in [4.78, 5) is 4.45. The van der Waals surface area contributed by atoms with Gasteiger partial charge in [0.15, 0.2) is 0 Å². The van der Waals surface area contributed by atoms with Gasteiger partial charge in [-0.1, -0.05) is 16.8 Å². The SMILES string of the molecule is CC(C)(N)C(C)(C)c1nc(-c2ccc(Cl)cc2)no1. The van der Waals surface area contributed by atoms with Gasteiger partial charge in [0.2, 0.25) is 11.7 Å². The monoisotopic (exact) mass is 279 g/mol. The number of benzene rings is 1. The molecule has 1 heterocycles. The molecule has 0 amide bonds. The maximum absolute atomic E-state index is 6.17. The maximum Gasteiger partial charge on any atom is 0.234 e. The molecule has 0 aliphatic rings. The van der Waals surface area contributed by atoms with Crippen LogP contribution in [0.4, 0.5) is 0 Å². The Labute approximate surface area is 118 Å². The molecule has 0 atom stereocenters. The van der Waals surface area contributed by atoms with E-state index in [-0.39, 0.29) is 0 Å². The van der Waals surface area contributed by atoms with Crippen LogP contribution in [0.2, 0.25) is 5.02 Å². The molecule has 0 saturated carbocycles. The van der Waals surface area contributed by atoms with E-state index in [1.807, 2.05) is 39.8 Å². The van der Waals surface area contributed by atoms with Gasteiger partial charge in [0.1, 0.15) is 0 Å². The lowest BCUT2D eigenvalue weighted by Crippen LogP contribution is -2.50. The third-order valence-electron chi connectivity index (χ3n) is 3.67. The standard InChI is InChI=1S/C14H18ClN3O/c1-13(2,14(3,4)16)12-17-11(18-19-12)9-5-7-10(15)8-6-9/h5-8H,16H2,1-4H3. The Morgan fingerprint density at radius 1 is 1.11 bits per heavy atom. The van der Waals surface area contributed by atoms with Gasteiger partial charge in [-0.15, -0.1) is 0 Å². The van der Waals surface area contributed by atoms with Crippen LogP contribution in [-0.2, 0) is 5.41 Å². The van der Waals surface area contributed by atoms with Gasteiger partial charge in [0, 0.05) is 16.1 Å². The maximum atomic E-state index is 6.17. The molecule has 19 heavy (non-hydrogen) atoms. The van der Waals surface area contributed by atoms with E-state index in [0.29, 0.717) is 16.7 Å². The summed E-state index contributed by atoms with van der Waals surface area (Å²) < 4.78 is 5.37. The summed E-state index contributed by atoms with van der Waals surface area (Å²) in [5.41, 5.74) is 6.16. The van der Waals surface area contributed by atoms with Crippen molar-refractivity contribution in [2.24, 2.45) is 5.73 Å². The van der Waals surface area contributed by atoms with Crippen molar-refractivity contribution < 1.29 is 4.52 Å². The van der Waals surface area contributed by atoms with Gasteiger partial charge in [-0.25, -0.2) is 0 Å². The molecule has 0 spiro atoms. The zero-order valence-electron chi connectivity index (χ0n) is 11.6. The van der Waals surface area contributed by atoms with Crippen molar-refractivity contribution in [1.29, 1.82) is 0 Å². The highest BCUT2D eigenvalue weighted by Gasteiger charge is 2.40. The van der Waals surface area contributed by atoms with Crippen molar-refractivity contribution >= 4 is 11.6 Å². The summed E-state index contributed by atoms with van der Waals surface area (Å²) >= 11 is 5.86. The number of hydrogen-bond donors (Lipinski definition) is 1. The first-order chi connectivity index (χ1) is 8.72. The van der Waals surface area contributed by atoms with Gasteiger partial charge in [0.25, 0.3) is 0 Å². The molecule has 1 aromatic heterocycles. The topological polar surface area (TPSA) is 64.9 Å². The van der Waals surface area contributed by atoms with Gasteiger partial charge in [-0.3, -0.25) is 0 Å². The second kappa shape index (κ2) is 4.62. The lowest BCUT2D eigenvalue weighted by atomic mass is 9.75. The number of rotatable bonds is 3. The van der Waals surface area contributed by atoms with E-state index in [4.69, 9.17) is 21.9 Å². The Morgan fingerprint density at radius 2 is 1.68 bits per heavy atom. The Morgan fingerprint density at radius 3 is 2.21 bits per heavy atom. The van der Waals surface area contributed by atoms with Crippen LogP contribution < -0.4 is 5.73 Å². The van der Waals surface area contributed by atoms with E-state index in [1.54, 1.807) is 12.1 Å². The lowest BCUT2D eigenvalue weighted by molar-refractivity contribution is 0.223. The first-order valence-corrected chi connectivity index (χ1v) is 6.48. The van der Waals surface area contributed by atoms with Crippen molar-refractivity contribution in [3.05, 3.63) is 35.2 Å². The Bertz CT molecular complexity index is 567. The second-order valence-corrected chi connectivity index (χ2v) is 6.21. The zero-order chi connectivity index (χ0) is 14.3. The van der Waals surface area contributed by atoms with Crippen LogP contribution >= 0.6 is 11.6 Å². The summed E-state index contributed by atoms with van der Waals surface area (Å²) in [7, 11) is 0. The molecule has 0 radical (unpaired) electrons. The van der Waals surface area contributed by atoms with Crippen molar-refractivity contribution in [2.75, 3.05) is 0 Å². The molecule has 2 N–H and O–H groups in total. The summed E-state index contributed by atoms with van der Waals surface area (Å²) in [6.45, 7) is 7.87. The minimum absolute atomic E-state index is 0.412. The predicted octanol–water partition coefficient (Wildman–Crippen LogP) is 3.40. The fourth-order valence-corrected chi connectivity index (χ4v) is 1.60. The average molecular weight is 280 g/mol. The molecular weight excluding hydrogens is 262 g/mol. The van der Waals surface area contributed by atoms with Gasteiger partial charge in [-0.05, 0) is 52.0 Å². The summed E-state index contributed by atoms with van der Waals surface area (Å²) in [6.07, 6.45) is 0. The van der Waals surface area contributed by atoms with E-state index in [1.165, 1.54) is 0 Å². The lowest BCUT2D eigenvalue weighted by Gasteiger charge is -2.34. The third-order valence-corrected chi connectivity index (χ3v) is 3.93. The molecule has 5 heteroatoms. The number of hydrogen-bond acceptors (Lipinski definition) is 4. The van der Waals surface area contributed by atoms with Gasteiger partial charge in [0.05, 0.1) is 5.41 Å². The molecule has 1 aromatic carbocycles. The van der Waals surface area contributed by atoms with E-state index in [2.05, 4.69) is 10.1 Å². The Hall–Kier alpha value is -1.39. The van der Waals surface area contributed by atoms with Crippen molar-refractivity contribution in [3.63, 3.8) is 0 Å². The largest absolute Gasteiger partial charge is 0.338 e. The first kappa shape index (κ1) is 14.0. The molecule has 2 aromatic rings. The molecule has 0 bridgehead atoms. The van der Waals surface area contributed by atoms with Crippen LogP contribution in [0.15, 0.2) is 28.8 Å². The van der Waals surface area contributed by atoms with Crippen LogP contribution in [0.3, 0.4) is 0 Å². The highest BCUT2D eigenvalue weighted by molar-refractivity contribution is 6.30. The minimum atomic E-state index is -0.462. The fourth-order valence-electron chi connectivity index (χ4n) is 1.47. The summed E-state index contributed by atoms with van der Waals surface area (Å²) in [6, 6.07) is 7.31. The summed E-state index contributed by atoms with van der Waals surface area (Å²) in [5.74, 6) is 1.08. The van der Waals surface area contributed by atoms with Crippen LogP contribution in [0.5, 0.6) is 0 Å². The number of halogens is 1. The van der Waals surface area contributed by atoms with Gasteiger partial charge < -0.3 is 10.3 Å². The third kappa shape index (κ3) is 2.65. The van der Waals surface area contributed by atoms with Crippen LogP contribution in [0.1, 0.15) is 33.6 Å².